The largest absolute Gasteiger partial charge is 0.497 e. The van der Waals surface area contributed by atoms with Crippen LogP contribution in [0.1, 0.15) is 46.3 Å². The smallest absolute Gasteiger partial charge is 0.257 e. The van der Waals surface area contributed by atoms with E-state index in [9.17, 15) is 4.79 Å². The molecule has 3 heterocycles. The van der Waals surface area contributed by atoms with Gasteiger partial charge in [0.05, 0.1) is 24.8 Å². The minimum Gasteiger partial charge on any atom is -0.497 e. The summed E-state index contributed by atoms with van der Waals surface area (Å²) >= 11 is 0. The molecule has 0 saturated carbocycles. The third kappa shape index (κ3) is 4.03. The predicted octanol–water partition coefficient (Wildman–Crippen LogP) is 3.08. The van der Waals surface area contributed by atoms with Gasteiger partial charge in [-0.1, -0.05) is 12.1 Å². The molecule has 144 valence electrons. The summed E-state index contributed by atoms with van der Waals surface area (Å²) in [7, 11) is 1.66. The highest BCUT2D eigenvalue weighted by molar-refractivity contribution is 5.93. The van der Waals surface area contributed by atoms with Crippen LogP contribution >= 0.6 is 0 Å². The van der Waals surface area contributed by atoms with Gasteiger partial charge in [0, 0.05) is 31.9 Å². The van der Waals surface area contributed by atoms with Crippen molar-refractivity contribution in [2.24, 2.45) is 0 Å². The van der Waals surface area contributed by atoms with Crippen molar-refractivity contribution < 1.29 is 13.9 Å². The fraction of sp³-hybridized carbons (Fsp3) is 0.333. The van der Waals surface area contributed by atoms with E-state index in [4.69, 9.17) is 9.15 Å². The second kappa shape index (κ2) is 8.21. The van der Waals surface area contributed by atoms with Crippen molar-refractivity contribution in [3.63, 3.8) is 0 Å². The van der Waals surface area contributed by atoms with E-state index in [1.165, 1.54) is 6.33 Å². The second-order valence-electron chi connectivity index (χ2n) is 6.91. The van der Waals surface area contributed by atoms with Crippen LogP contribution in [0, 0.1) is 0 Å². The van der Waals surface area contributed by atoms with E-state index in [2.05, 4.69) is 15.0 Å². The average Bonchev–Trinajstić information content (AvgIpc) is 3.22. The van der Waals surface area contributed by atoms with Gasteiger partial charge in [-0.3, -0.25) is 4.79 Å². The maximum absolute atomic E-state index is 12.7. The van der Waals surface area contributed by atoms with Crippen LogP contribution in [-0.4, -0.2) is 46.0 Å². The van der Waals surface area contributed by atoms with Crippen molar-refractivity contribution in [1.82, 2.24) is 19.9 Å². The molecule has 0 radical (unpaired) electrons. The summed E-state index contributed by atoms with van der Waals surface area (Å²) in [5.41, 5.74) is 1.61. The molecule has 2 aromatic heterocycles. The molecule has 0 bridgehead atoms. The molecule has 28 heavy (non-hydrogen) atoms. The van der Waals surface area contributed by atoms with Crippen molar-refractivity contribution in [3.8, 4) is 5.75 Å². The first-order valence-electron chi connectivity index (χ1n) is 9.35. The van der Waals surface area contributed by atoms with Crippen LogP contribution in [0.25, 0.3) is 0 Å². The van der Waals surface area contributed by atoms with Crippen molar-refractivity contribution >= 4 is 5.91 Å². The lowest BCUT2D eigenvalue weighted by atomic mass is 9.97. The molecule has 1 aromatic carbocycles. The molecule has 1 saturated heterocycles. The Labute approximate surface area is 163 Å². The number of piperidine rings is 1. The zero-order valence-corrected chi connectivity index (χ0v) is 15.7. The fourth-order valence-electron chi connectivity index (χ4n) is 3.53. The molecule has 7 nitrogen and oxygen atoms in total. The van der Waals surface area contributed by atoms with Crippen LogP contribution in [0.2, 0.25) is 0 Å². The molecule has 0 unspecified atom stereocenters. The fourth-order valence-corrected chi connectivity index (χ4v) is 3.53. The van der Waals surface area contributed by atoms with Crippen LogP contribution < -0.4 is 4.74 Å². The normalized spacial score (nSPS) is 16.8. The van der Waals surface area contributed by atoms with Gasteiger partial charge < -0.3 is 14.1 Å². The third-order valence-corrected chi connectivity index (χ3v) is 4.95. The zero-order chi connectivity index (χ0) is 19.3. The van der Waals surface area contributed by atoms with E-state index >= 15 is 0 Å². The molecule has 1 amide bonds. The Bertz CT molecular complexity index is 942. The number of likely N-dealkylation sites (tertiary alicyclic amines) is 1. The number of methoxy groups -OCH3 is 1. The first-order valence-corrected chi connectivity index (χ1v) is 9.35. The molecule has 1 atom stereocenters. The number of ether oxygens (including phenoxy) is 1. The number of nitrogens with zero attached hydrogens (tertiary/aromatic N) is 4. The van der Waals surface area contributed by atoms with Gasteiger partial charge in [-0.15, -0.1) is 0 Å². The maximum Gasteiger partial charge on any atom is 0.257 e. The molecule has 0 N–H and O–H groups in total. The Hall–Kier alpha value is -3.22. The summed E-state index contributed by atoms with van der Waals surface area (Å²) in [6, 6.07) is 7.91. The minimum atomic E-state index is -0.0477. The van der Waals surface area contributed by atoms with Crippen molar-refractivity contribution in [2.75, 3.05) is 20.2 Å². The Kier molecular flexibility index (Phi) is 5.32. The van der Waals surface area contributed by atoms with Gasteiger partial charge in [0.1, 0.15) is 17.8 Å². The second-order valence-corrected chi connectivity index (χ2v) is 6.91. The summed E-state index contributed by atoms with van der Waals surface area (Å²) < 4.78 is 11.3. The van der Waals surface area contributed by atoms with Gasteiger partial charge in [0.15, 0.2) is 5.89 Å². The Morgan fingerprint density at radius 2 is 2.14 bits per heavy atom. The first kappa shape index (κ1) is 18.2. The topological polar surface area (TPSA) is 81.4 Å². The lowest BCUT2D eigenvalue weighted by molar-refractivity contribution is 0.0697. The summed E-state index contributed by atoms with van der Waals surface area (Å²) in [5, 5.41) is 0. The molecule has 7 heteroatoms. The van der Waals surface area contributed by atoms with E-state index in [-0.39, 0.29) is 11.8 Å². The lowest BCUT2D eigenvalue weighted by Crippen LogP contribution is -2.39. The van der Waals surface area contributed by atoms with E-state index in [0.29, 0.717) is 24.4 Å². The van der Waals surface area contributed by atoms with Crippen LogP contribution in [0.3, 0.4) is 0 Å². The molecule has 0 spiro atoms. The van der Waals surface area contributed by atoms with Gasteiger partial charge in [-0.2, -0.15) is 0 Å². The number of carbonyl (C=O) groups excluding carboxylic acids is 1. The van der Waals surface area contributed by atoms with Crippen molar-refractivity contribution in [2.45, 2.75) is 25.2 Å². The highest BCUT2D eigenvalue weighted by Crippen LogP contribution is 2.28. The van der Waals surface area contributed by atoms with Gasteiger partial charge >= 0.3 is 0 Å². The first-order chi connectivity index (χ1) is 13.7. The van der Waals surface area contributed by atoms with Crippen LogP contribution in [0.4, 0.5) is 0 Å². The number of hydrogen-bond donors (Lipinski definition) is 0. The van der Waals surface area contributed by atoms with E-state index in [0.717, 1.165) is 36.5 Å². The maximum atomic E-state index is 12.7. The molecule has 3 aromatic rings. The number of oxazole rings is 1. The molecular weight excluding hydrogens is 356 g/mol. The van der Waals surface area contributed by atoms with Crippen molar-refractivity contribution in [1.29, 1.82) is 0 Å². The summed E-state index contributed by atoms with van der Waals surface area (Å²) in [4.78, 5) is 26.9. The molecule has 4 rings (SSSR count). The number of aromatic nitrogens is 3. The predicted molar refractivity (Wildman–Crippen MR) is 102 cm³/mol. The summed E-state index contributed by atoms with van der Waals surface area (Å²) in [6.07, 6.45) is 8.83. The van der Waals surface area contributed by atoms with Crippen molar-refractivity contribution in [3.05, 3.63) is 72.0 Å². The number of rotatable bonds is 5. The SMILES string of the molecule is COc1cccc(Cc2cnc([C@@H]3CCCN(C(=O)c4cncnc4)C3)o2)c1. The van der Waals surface area contributed by atoms with Gasteiger partial charge in [-0.25, -0.2) is 15.0 Å². The van der Waals surface area contributed by atoms with Gasteiger partial charge in [-0.05, 0) is 30.5 Å². The number of hydrogen-bond acceptors (Lipinski definition) is 6. The van der Waals surface area contributed by atoms with Gasteiger partial charge in [0.25, 0.3) is 5.91 Å². The van der Waals surface area contributed by atoms with E-state index < -0.39 is 0 Å². The Morgan fingerprint density at radius 3 is 2.96 bits per heavy atom. The lowest BCUT2D eigenvalue weighted by Gasteiger charge is -2.31. The standard InChI is InChI=1S/C21H22N4O3/c1-27-18-6-2-4-15(8-18)9-19-12-24-20(28-19)16-5-3-7-25(13-16)21(26)17-10-22-14-23-11-17/h2,4,6,8,10-12,14,16H,3,5,7,9,13H2,1H3/t16-/m1/s1. The van der Waals surface area contributed by atoms with E-state index in [1.807, 2.05) is 29.2 Å². The van der Waals surface area contributed by atoms with Crippen LogP contribution in [0.15, 0.2) is 53.6 Å². The molecule has 1 aliphatic rings. The highest BCUT2D eigenvalue weighted by Gasteiger charge is 2.28. The zero-order valence-electron chi connectivity index (χ0n) is 15.7. The summed E-state index contributed by atoms with van der Waals surface area (Å²) in [5.74, 6) is 2.38. The monoisotopic (exact) mass is 378 g/mol. The molecule has 1 fully saturated rings. The molecule has 1 aliphatic heterocycles. The number of benzene rings is 1. The number of amides is 1. The molecule has 0 aliphatic carbocycles. The van der Waals surface area contributed by atoms with E-state index in [1.54, 1.807) is 25.7 Å². The highest BCUT2D eigenvalue weighted by atomic mass is 16.5. The van der Waals surface area contributed by atoms with Gasteiger partial charge in [0.2, 0.25) is 0 Å². The average molecular weight is 378 g/mol. The minimum absolute atomic E-state index is 0.0477. The molecular formula is C21H22N4O3. The quantitative estimate of drug-likeness (QED) is 0.679. The van der Waals surface area contributed by atoms with Crippen LogP contribution in [0.5, 0.6) is 5.75 Å². The summed E-state index contributed by atoms with van der Waals surface area (Å²) in [6.45, 7) is 1.31. The Morgan fingerprint density at radius 1 is 1.29 bits per heavy atom. The third-order valence-electron chi connectivity index (χ3n) is 4.95. The number of carbonyl (C=O) groups is 1. The Balaban J connectivity index is 1.43. The van der Waals surface area contributed by atoms with Crippen LogP contribution in [-0.2, 0) is 6.42 Å².